The van der Waals surface area contributed by atoms with E-state index in [4.69, 9.17) is 4.74 Å². The van der Waals surface area contributed by atoms with E-state index in [9.17, 15) is 0 Å². The van der Waals surface area contributed by atoms with Crippen LogP contribution in [0.3, 0.4) is 0 Å². The fourth-order valence-electron chi connectivity index (χ4n) is 2.29. The van der Waals surface area contributed by atoms with Gasteiger partial charge in [-0.2, -0.15) is 0 Å². The normalized spacial score (nSPS) is 26.3. The van der Waals surface area contributed by atoms with E-state index in [1.54, 1.807) is 5.57 Å². The van der Waals surface area contributed by atoms with Crippen LogP contribution >= 0.6 is 11.8 Å². The maximum atomic E-state index is 5.91. The SMILES string of the molecule is C1CNC2=C(C1)CC1=C(O2)SCCC1. The number of hydrogen-bond acceptors (Lipinski definition) is 3. The van der Waals surface area contributed by atoms with Crippen molar-refractivity contribution in [1.29, 1.82) is 0 Å². The molecule has 0 radical (unpaired) electrons. The van der Waals surface area contributed by atoms with Gasteiger partial charge in [0, 0.05) is 12.3 Å². The molecular weight excluding hydrogens is 194 g/mol. The molecule has 0 aromatic heterocycles. The van der Waals surface area contributed by atoms with E-state index in [2.05, 4.69) is 5.32 Å². The molecule has 0 aromatic carbocycles. The zero-order chi connectivity index (χ0) is 9.38. The maximum absolute atomic E-state index is 5.91. The van der Waals surface area contributed by atoms with Gasteiger partial charge < -0.3 is 10.1 Å². The first-order valence-corrected chi connectivity index (χ1v) is 6.40. The van der Waals surface area contributed by atoms with Gasteiger partial charge in [0.25, 0.3) is 0 Å². The Kier molecular flexibility index (Phi) is 2.20. The Hall–Kier alpha value is -0.570. The summed E-state index contributed by atoms with van der Waals surface area (Å²) in [5.74, 6) is 2.30. The molecule has 2 nitrogen and oxygen atoms in total. The minimum Gasteiger partial charge on any atom is -0.435 e. The van der Waals surface area contributed by atoms with E-state index in [0.717, 1.165) is 12.4 Å². The number of allylic oxidation sites excluding steroid dienone is 2. The molecule has 3 heteroatoms. The number of hydrogen-bond donors (Lipinski definition) is 1. The number of rotatable bonds is 0. The topological polar surface area (TPSA) is 21.3 Å². The van der Waals surface area contributed by atoms with Crippen LogP contribution in [0.2, 0.25) is 0 Å². The van der Waals surface area contributed by atoms with E-state index in [1.165, 1.54) is 48.5 Å². The molecule has 0 bridgehead atoms. The highest BCUT2D eigenvalue weighted by Crippen LogP contribution is 2.40. The van der Waals surface area contributed by atoms with Crippen molar-refractivity contribution in [2.75, 3.05) is 12.3 Å². The van der Waals surface area contributed by atoms with Crippen LogP contribution in [0.4, 0.5) is 0 Å². The zero-order valence-electron chi connectivity index (χ0n) is 8.27. The molecule has 14 heavy (non-hydrogen) atoms. The summed E-state index contributed by atoms with van der Waals surface area (Å²) in [5, 5.41) is 4.56. The van der Waals surface area contributed by atoms with Crippen LogP contribution in [0.5, 0.6) is 0 Å². The predicted octanol–water partition coefficient (Wildman–Crippen LogP) is 2.74. The summed E-state index contributed by atoms with van der Waals surface area (Å²) < 4.78 is 5.91. The Bertz CT molecular complexity index is 259. The quantitative estimate of drug-likeness (QED) is 0.663. The van der Waals surface area contributed by atoms with Crippen molar-refractivity contribution in [3.8, 4) is 0 Å². The molecule has 0 saturated heterocycles. The van der Waals surface area contributed by atoms with E-state index in [0.29, 0.717) is 0 Å². The average Bonchev–Trinajstić information content (AvgIpc) is 2.26. The third kappa shape index (κ3) is 1.44. The summed E-state index contributed by atoms with van der Waals surface area (Å²) in [6.45, 7) is 1.08. The first-order chi connectivity index (χ1) is 6.93. The average molecular weight is 209 g/mol. The Morgan fingerprint density at radius 2 is 2.07 bits per heavy atom. The molecule has 0 fully saturated rings. The third-order valence-corrected chi connectivity index (χ3v) is 4.16. The number of thioether (sulfide) groups is 1. The van der Waals surface area contributed by atoms with Gasteiger partial charge in [0.05, 0.1) is 0 Å². The van der Waals surface area contributed by atoms with Crippen LogP contribution in [0.15, 0.2) is 22.1 Å². The lowest BCUT2D eigenvalue weighted by Gasteiger charge is -2.31. The molecular formula is C11H15NOS. The van der Waals surface area contributed by atoms with Crippen LogP contribution in [-0.4, -0.2) is 12.3 Å². The molecule has 1 N–H and O–H groups in total. The van der Waals surface area contributed by atoms with Gasteiger partial charge in [0.15, 0.2) is 11.0 Å². The highest BCUT2D eigenvalue weighted by molar-refractivity contribution is 8.02. The fraction of sp³-hybridized carbons (Fsp3) is 0.636. The van der Waals surface area contributed by atoms with Crippen LogP contribution in [-0.2, 0) is 4.74 Å². The number of nitrogens with one attached hydrogen (secondary N) is 1. The first-order valence-electron chi connectivity index (χ1n) is 5.42. The van der Waals surface area contributed by atoms with Crippen molar-refractivity contribution in [3.63, 3.8) is 0 Å². The van der Waals surface area contributed by atoms with Gasteiger partial charge in [0.2, 0.25) is 0 Å². The van der Waals surface area contributed by atoms with E-state index >= 15 is 0 Å². The van der Waals surface area contributed by atoms with Crippen LogP contribution in [0.1, 0.15) is 32.1 Å². The second-order valence-electron chi connectivity index (χ2n) is 4.08. The second kappa shape index (κ2) is 3.54. The third-order valence-electron chi connectivity index (χ3n) is 3.03. The van der Waals surface area contributed by atoms with E-state index in [-0.39, 0.29) is 0 Å². The van der Waals surface area contributed by atoms with Gasteiger partial charge in [-0.05, 0) is 43.3 Å². The van der Waals surface area contributed by atoms with E-state index in [1.807, 2.05) is 11.8 Å². The van der Waals surface area contributed by atoms with Gasteiger partial charge in [-0.15, -0.1) is 0 Å². The van der Waals surface area contributed by atoms with Crippen molar-refractivity contribution >= 4 is 11.8 Å². The molecule has 76 valence electrons. The lowest BCUT2D eigenvalue weighted by Crippen LogP contribution is -2.26. The largest absolute Gasteiger partial charge is 0.435 e. The standard InChI is InChI=1S/C11H15NOS/c1-3-8-7-9-4-2-6-14-11(9)13-10(8)12-5-1/h12H,1-7H2. The molecule has 3 heterocycles. The lowest BCUT2D eigenvalue weighted by molar-refractivity contribution is 0.267. The minimum absolute atomic E-state index is 1.07. The molecule has 3 rings (SSSR count). The number of ether oxygens (including phenoxy) is 1. The molecule has 0 spiro atoms. The molecule has 3 aliphatic heterocycles. The zero-order valence-corrected chi connectivity index (χ0v) is 9.08. The highest BCUT2D eigenvalue weighted by atomic mass is 32.2. The molecule has 0 amide bonds. The fourth-order valence-corrected chi connectivity index (χ4v) is 3.28. The van der Waals surface area contributed by atoms with Crippen LogP contribution < -0.4 is 5.32 Å². The Balaban J connectivity index is 1.84. The monoisotopic (exact) mass is 209 g/mol. The van der Waals surface area contributed by atoms with Gasteiger partial charge >= 0.3 is 0 Å². The summed E-state index contributed by atoms with van der Waals surface area (Å²) in [5.41, 5.74) is 3.04. The molecule has 0 unspecified atom stereocenters. The Labute approximate surface area is 88.8 Å². The minimum atomic E-state index is 1.07. The molecule has 0 aliphatic carbocycles. The van der Waals surface area contributed by atoms with Crippen molar-refractivity contribution in [3.05, 3.63) is 22.1 Å². The first kappa shape index (κ1) is 8.72. The van der Waals surface area contributed by atoms with Crippen molar-refractivity contribution in [1.82, 2.24) is 5.32 Å². The van der Waals surface area contributed by atoms with Gasteiger partial charge in [-0.3, -0.25) is 0 Å². The summed E-state index contributed by atoms with van der Waals surface area (Å²) in [7, 11) is 0. The molecule has 0 atom stereocenters. The van der Waals surface area contributed by atoms with Crippen molar-refractivity contribution in [2.24, 2.45) is 0 Å². The Morgan fingerprint density at radius 3 is 3.07 bits per heavy atom. The second-order valence-corrected chi connectivity index (χ2v) is 5.15. The predicted molar refractivity (Wildman–Crippen MR) is 58.7 cm³/mol. The lowest BCUT2D eigenvalue weighted by atomic mass is 9.96. The van der Waals surface area contributed by atoms with Gasteiger partial charge in [-0.1, -0.05) is 11.8 Å². The molecule has 0 aromatic rings. The highest BCUT2D eigenvalue weighted by Gasteiger charge is 2.26. The molecule has 0 saturated carbocycles. The van der Waals surface area contributed by atoms with Crippen molar-refractivity contribution in [2.45, 2.75) is 32.1 Å². The molecule has 3 aliphatic rings. The van der Waals surface area contributed by atoms with Crippen LogP contribution in [0, 0.1) is 0 Å². The van der Waals surface area contributed by atoms with Gasteiger partial charge in [-0.25, -0.2) is 0 Å². The summed E-state index contributed by atoms with van der Waals surface area (Å²) in [4.78, 5) is 0. The van der Waals surface area contributed by atoms with Gasteiger partial charge in [0.1, 0.15) is 0 Å². The van der Waals surface area contributed by atoms with Crippen molar-refractivity contribution < 1.29 is 4.74 Å². The Morgan fingerprint density at radius 1 is 1.14 bits per heavy atom. The summed E-state index contributed by atoms with van der Waals surface area (Å²) >= 11 is 1.89. The smallest absolute Gasteiger partial charge is 0.193 e. The summed E-state index contributed by atoms with van der Waals surface area (Å²) in [6, 6.07) is 0. The van der Waals surface area contributed by atoms with E-state index < -0.39 is 0 Å². The maximum Gasteiger partial charge on any atom is 0.193 e. The van der Waals surface area contributed by atoms with Crippen LogP contribution in [0.25, 0.3) is 0 Å². The summed E-state index contributed by atoms with van der Waals surface area (Å²) in [6.07, 6.45) is 6.23.